The molecular weight excluding hydrogens is 274 g/mol. The molecule has 0 aliphatic carbocycles. The fraction of sp³-hybridized carbons (Fsp3) is 0.118. The van der Waals surface area contributed by atoms with E-state index < -0.39 is 0 Å². The van der Waals surface area contributed by atoms with Crippen molar-refractivity contribution in [2.45, 2.75) is 5.92 Å². The van der Waals surface area contributed by atoms with Gasteiger partial charge in [-0.1, -0.05) is 42.5 Å². The normalized spacial score (nSPS) is 17.3. The zero-order valence-corrected chi connectivity index (χ0v) is 11.9. The number of nitrogens with zero attached hydrogens (tertiary/aromatic N) is 4. The lowest BCUT2D eigenvalue weighted by Gasteiger charge is -2.17. The summed E-state index contributed by atoms with van der Waals surface area (Å²) in [5, 5.41) is 6.28. The van der Waals surface area contributed by atoms with Crippen LogP contribution in [0.5, 0.6) is 0 Å². The number of anilines is 2. The summed E-state index contributed by atoms with van der Waals surface area (Å²) in [4.78, 5) is 9.03. The van der Waals surface area contributed by atoms with Crippen LogP contribution < -0.4 is 10.7 Å². The molecule has 3 aromatic rings. The van der Waals surface area contributed by atoms with Crippen LogP contribution in [0.2, 0.25) is 0 Å². The molecule has 0 spiro atoms. The number of nitrogens with two attached hydrogens (primary N) is 1. The van der Waals surface area contributed by atoms with Crippen LogP contribution in [0, 0.1) is 0 Å². The Kier molecular flexibility index (Phi) is 2.96. The molecule has 0 saturated heterocycles. The van der Waals surface area contributed by atoms with E-state index >= 15 is 0 Å². The quantitative estimate of drug-likeness (QED) is 0.787. The van der Waals surface area contributed by atoms with Gasteiger partial charge in [-0.05, 0) is 17.7 Å². The summed E-state index contributed by atoms with van der Waals surface area (Å²) in [6, 6.07) is 18.0. The molecule has 0 bridgehead atoms. The molecular formula is C17H15N5. The van der Waals surface area contributed by atoms with E-state index in [2.05, 4.69) is 27.2 Å². The highest BCUT2D eigenvalue weighted by Gasteiger charge is 2.23. The van der Waals surface area contributed by atoms with Crippen LogP contribution in [0.25, 0.3) is 11.0 Å². The second-order valence-corrected chi connectivity index (χ2v) is 5.28. The zero-order chi connectivity index (χ0) is 14.9. The van der Waals surface area contributed by atoms with Crippen LogP contribution in [0.1, 0.15) is 11.5 Å². The summed E-state index contributed by atoms with van der Waals surface area (Å²) in [6.45, 7) is 0.723. The maximum atomic E-state index is 6.06. The second kappa shape index (κ2) is 5.11. The number of hydrogen-bond donors (Lipinski definition) is 1. The van der Waals surface area contributed by atoms with E-state index in [0.29, 0.717) is 11.6 Å². The Labute approximate surface area is 128 Å². The molecule has 1 aliphatic rings. The molecule has 1 aliphatic heterocycles. The van der Waals surface area contributed by atoms with Crippen molar-refractivity contribution in [1.29, 1.82) is 0 Å². The molecule has 0 saturated carbocycles. The summed E-state index contributed by atoms with van der Waals surface area (Å²) in [5.74, 6) is 1.27. The highest BCUT2D eigenvalue weighted by molar-refractivity contribution is 5.81. The van der Waals surface area contributed by atoms with Crippen molar-refractivity contribution in [3.63, 3.8) is 0 Å². The largest absolute Gasteiger partial charge is 0.381 e. The SMILES string of the molecule is Nc1nc2ccccc2nc1N1CC(c2ccccc2)C=N1. The lowest BCUT2D eigenvalue weighted by Crippen LogP contribution is -2.19. The average molecular weight is 289 g/mol. The first-order valence-corrected chi connectivity index (χ1v) is 7.20. The molecule has 1 atom stereocenters. The third-order valence-corrected chi connectivity index (χ3v) is 3.81. The Hall–Kier alpha value is -2.95. The van der Waals surface area contributed by atoms with Crippen LogP contribution in [0.3, 0.4) is 0 Å². The van der Waals surface area contributed by atoms with E-state index in [-0.39, 0.29) is 5.92 Å². The van der Waals surface area contributed by atoms with Gasteiger partial charge < -0.3 is 5.73 Å². The lowest BCUT2D eigenvalue weighted by atomic mass is 10.0. The molecule has 5 nitrogen and oxygen atoms in total. The van der Waals surface area contributed by atoms with Crippen molar-refractivity contribution in [1.82, 2.24) is 9.97 Å². The smallest absolute Gasteiger partial charge is 0.192 e. The Balaban J connectivity index is 1.66. The topological polar surface area (TPSA) is 67.4 Å². The summed E-state index contributed by atoms with van der Waals surface area (Å²) in [6.07, 6.45) is 1.94. The second-order valence-electron chi connectivity index (χ2n) is 5.28. The van der Waals surface area contributed by atoms with E-state index in [1.165, 1.54) is 5.56 Å². The number of fused-ring (bicyclic) bond motifs is 1. The Bertz CT molecular complexity index is 844. The molecule has 5 heteroatoms. The van der Waals surface area contributed by atoms with Crippen molar-refractivity contribution < 1.29 is 0 Å². The van der Waals surface area contributed by atoms with Gasteiger partial charge in [-0.15, -0.1) is 0 Å². The number of nitrogen functional groups attached to an aromatic ring is 1. The van der Waals surface area contributed by atoms with Crippen molar-refractivity contribution >= 4 is 28.9 Å². The molecule has 22 heavy (non-hydrogen) atoms. The van der Waals surface area contributed by atoms with Crippen LogP contribution in [-0.4, -0.2) is 22.7 Å². The first kappa shape index (κ1) is 12.8. The molecule has 2 N–H and O–H groups in total. The fourth-order valence-corrected chi connectivity index (χ4v) is 2.67. The van der Waals surface area contributed by atoms with Gasteiger partial charge in [0.25, 0.3) is 0 Å². The minimum atomic E-state index is 0.244. The molecule has 4 rings (SSSR count). The molecule has 0 amide bonds. The van der Waals surface area contributed by atoms with Gasteiger partial charge in [0.15, 0.2) is 11.6 Å². The van der Waals surface area contributed by atoms with E-state index in [0.717, 1.165) is 17.6 Å². The number of rotatable bonds is 2. The third kappa shape index (κ3) is 2.16. The predicted octanol–water partition coefficient (Wildman–Crippen LogP) is 2.80. The Morgan fingerprint density at radius 2 is 1.59 bits per heavy atom. The van der Waals surface area contributed by atoms with Crippen LogP contribution in [-0.2, 0) is 0 Å². The fourth-order valence-electron chi connectivity index (χ4n) is 2.67. The maximum Gasteiger partial charge on any atom is 0.192 e. The van der Waals surface area contributed by atoms with E-state index in [1.54, 1.807) is 0 Å². The number of hydrazone groups is 1. The lowest BCUT2D eigenvalue weighted by molar-refractivity contribution is 0.839. The average Bonchev–Trinajstić information content (AvgIpc) is 3.05. The Morgan fingerprint density at radius 1 is 0.909 bits per heavy atom. The van der Waals surface area contributed by atoms with Crippen molar-refractivity contribution in [3.8, 4) is 0 Å². The van der Waals surface area contributed by atoms with Crippen LogP contribution >= 0.6 is 0 Å². The van der Waals surface area contributed by atoms with Gasteiger partial charge in [0, 0.05) is 12.1 Å². The number of benzene rings is 2. The minimum Gasteiger partial charge on any atom is -0.381 e. The predicted molar refractivity (Wildman–Crippen MR) is 89.0 cm³/mol. The zero-order valence-electron chi connectivity index (χ0n) is 11.9. The van der Waals surface area contributed by atoms with Gasteiger partial charge in [0.05, 0.1) is 17.6 Å². The van der Waals surface area contributed by atoms with Gasteiger partial charge in [-0.25, -0.2) is 15.0 Å². The summed E-state index contributed by atoms with van der Waals surface area (Å²) >= 11 is 0. The number of aromatic nitrogens is 2. The highest BCUT2D eigenvalue weighted by atomic mass is 15.5. The van der Waals surface area contributed by atoms with Crippen molar-refractivity contribution in [3.05, 3.63) is 60.2 Å². The van der Waals surface area contributed by atoms with Gasteiger partial charge in [0.2, 0.25) is 0 Å². The molecule has 108 valence electrons. The molecule has 2 aromatic carbocycles. The maximum absolute atomic E-state index is 6.06. The first-order valence-electron chi connectivity index (χ1n) is 7.20. The molecule has 2 heterocycles. The molecule has 0 radical (unpaired) electrons. The standard InChI is InChI=1S/C17H15N5/c18-16-17(21-15-9-5-4-8-14(15)20-16)22-11-13(10-19-22)12-6-2-1-3-7-12/h1-10,13H,11H2,(H2,18,20). The monoisotopic (exact) mass is 289 g/mol. The van der Waals surface area contributed by atoms with E-state index in [9.17, 15) is 0 Å². The summed E-state index contributed by atoms with van der Waals surface area (Å²) in [7, 11) is 0. The van der Waals surface area contributed by atoms with Gasteiger partial charge in [-0.3, -0.25) is 0 Å². The van der Waals surface area contributed by atoms with Crippen LogP contribution in [0.4, 0.5) is 11.6 Å². The van der Waals surface area contributed by atoms with E-state index in [4.69, 9.17) is 5.73 Å². The Morgan fingerprint density at radius 3 is 2.36 bits per heavy atom. The first-order chi connectivity index (χ1) is 10.8. The van der Waals surface area contributed by atoms with E-state index in [1.807, 2.05) is 53.7 Å². The molecule has 1 aromatic heterocycles. The molecule has 1 unspecified atom stereocenters. The third-order valence-electron chi connectivity index (χ3n) is 3.81. The van der Waals surface area contributed by atoms with Crippen molar-refractivity contribution in [2.24, 2.45) is 5.10 Å². The summed E-state index contributed by atoms with van der Waals surface area (Å²) in [5.41, 5.74) is 8.92. The summed E-state index contributed by atoms with van der Waals surface area (Å²) < 4.78 is 0. The van der Waals surface area contributed by atoms with Crippen LogP contribution in [0.15, 0.2) is 59.7 Å². The number of para-hydroxylation sites is 2. The van der Waals surface area contributed by atoms with Gasteiger partial charge in [0.1, 0.15) is 0 Å². The highest BCUT2D eigenvalue weighted by Crippen LogP contribution is 2.28. The van der Waals surface area contributed by atoms with Crippen molar-refractivity contribution in [2.75, 3.05) is 17.3 Å². The van der Waals surface area contributed by atoms with Gasteiger partial charge >= 0.3 is 0 Å². The minimum absolute atomic E-state index is 0.244. The van der Waals surface area contributed by atoms with Gasteiger partial charge in [-0.2, -0.15) is 5.10 Å². The number of hydrogen-bond acceptors (Lipinski definition) is 5. The molecule has 0 fully saturated rings.